The predicted molar refractivity (Wildman–Crippen MR) is 98.7 cm³/mol. The summed E-state index contributed by atoms with van der Waals surface area (Å²) in [6.07, 6.45) is 16.1. The van der Waals surface area contributed by atoms with E-state index >= 15 is 0 Å². The van der Waals surface area contributed by atoms with Crippen LogP contribution >= 0.6 is 0 Å². The van der Waals surface area contributed by atoms with E-state index in [9.17, 15) is 0 Å². The second kappa shape index (κ2) is 7.18. The fraction of sp³-hybridized carbons (Fsp3) is 0.955. The molecule has 0 nitrogen and oxygen atoms in total. The Kier molecular flexibility index (Phi) is 5.95. The van der Waals surface area contributed by atoms with E-state index in [1.807, 2.05) is 13.8 Å². The molecule has 3 aliphatic carbocycles. The van der Waals surface area contributed by atoms with Crippen molar-refractivity contribution in [3.05, 3.63) is 6.42 Å². The number of fused-ring (bicyclic) bond motifs is 3. The van der Waals surface area contributed by atoms with Crippen molar-refractivity contribution in [2.45, 2.75) is 99.3 Å². The second-order valence-electron chi connectivity index (χ2n) is 8.59. The number of hydrogen-bond acceptors (Lipinski definition) is 0. The molecule has 0 aromatic rings. The molecule has 0 amide bonds. The molecule has 0 saturated heterocycles. The lowest BCUT2D eigenvalue weighted by molar-refractivity contribution is -0.0787. The Hall–Kier alpha value is -0.130. The van der Waals surface area contributed by atoms with Crippen LogP contribution in [0.1, 0.15) is 99.3 Å². The Morgan fingerprint density at radius 2 is 1.73 bits per heavy atom. The van der Waals surface area contributed by atoms with Gasteiger partial charge in [-0.1, -0.05) is 47.5 Å². The topological polar surface area (TPSA) is 0 Å². The first-order valence-electron chi connectivity index (χ1n) is 10.4. The Bertz CT molecular complexity index is 346. The summed E-state index contributed by atoms with van der Waals surface area (Å²) in [6, 6.07) is 0. The van der Waals surface area contributed by atoms with E-state index in [-0.39, 0.29) is 0 Å². The van der Waals surface area contributed by atoms with Crippen molar-refractivity contribution in [1.29, 1.82) is 0 Å². The molecular weight excluding hydrogens is 264 g/mol. The Balaban J connectivity index is 0.000000847. The zero-order chi connectivity index (χ0) is 16.4. The Morgan fingerprint density at radius 3 is 2.36 bits per heavy atom. The minimum absolute atomic E-state index is 0.571. The SMILES string of the molecule is CC.C[CH+]C1(CCC)C(C)CCC2C3CCCC3(C)CCC21. The summed E-state index contributed by atoms with van der Waals surface area (Å²) in [7, 11) is 0. The fourth-order valence-electron chi connectivity index (χ4n) is 6.93. The summed E-state index contributed by atoms with van der Waals surface area (Å²) in [5.74, 6) is 4.03. The molecule has 0 aromatic heterocycles. The first-order chi connectivity index (χ1) is 10.6. The summed E-state index contributed by atoms with van der Waals surface area (Å²) in [5, 5.41) is 0. The normalized spacial score (nSPS) is 47.0. The van der Waals surface area contributed by atoms with Crippen molar-refractivity contribution in [1.82, 2.24) is 0 Å². The first kappa shape index (κ1) is 18.2. The zero-order valence-corrected chi connectivity index (χ0v) is 16.3. The average molecular weight is 306 g/mol. The van der Waals surface area contributed by atoms with Gasteiger partial charge in [-0.2, -0.15) is 0 Å². The van der Waals surface area contributed by atoms with Gasteiger partial charge in [0, 0.05) is 11.8 Å². The molecule has 0 bridgehead atoms. The molecule has 3 rings (SSSR count). The van der Waals surface area contributed by atoms with Crippen molar-refractivity contribution < 1.29 is 0 Å². The first-order valence-corrected chi connectivity index (χ1v) is 10.4. The lowest BCUT2D eigenvalue weighted by atomic mass is 9.46. The third kappa shape index (κ3) is 2.73. The van der Waals surface area contributed by atoms with Gasteiger partial charge in [0.15, 0.2) is 0 Å². The van der Waals surface area contributed by atoms with E-state index < -0.39 is 0 Å². The molecule has 0 aromatic carbocycles. The highest BCUT2D eigenvalue weighted by Crippen LogP contribution is 2.65. The van der Waals surface area contributed by atoms with Gasteiger partial charge in [0.2, 0.25) is 0 Å². The summed E-state index contributed by atoms with van der Waals surface area (Å²) in [6.45, 7) is 13.9. The van der Waals surface area contributed by atoms with E-state index in [0.717, 1.165) is 23.7 Å². The maximum atomic E-state index is 2.65. The van der Waals surface area contributed by atoms with Crippen LogP contribution in [-0.2, 0) is 0 Å². The third-order valence-corrected chi connectivity index (χ3v) is 7.98. The summed E-state index contributed by atoms with van der Waals surface area (Å²) >= 11 is 0. The summed E-state index contributed by atoms with van der Waals surface area (Å²) in [4.78, 5) is 0. The molecule has 0 N–H and O–H groups in total. The smallest absolute Gasteiger partial charge is 0.0683 e. The number of rotatable bonds is 3. The van der Waals surface area contributed by atoms with Crippen LogP contribution in [0.25, 0.3) is 0 Å². The number of hydrogen-bond donors (Lipinski definition) is 0. The van der Waals surface area contributed by atoms with E-state index in [4.69, 9.17) is 0 Å². The highest BCUT2D eigenvalue weighted by atomic mass is 14.6. The van der Waals surface area contributed by atoms with Gasteiger partial charge in [0.05, 0.1) is 13.3 Å². The minimum atomic E-state index is 0.571. The van der Waals surface area contributed by atoms with Crippen LogP contribution in [0.3, 0.4) is 0 Å². The van der Waals surface area contributed by atoms with Gasteiger partial charge in [-0.3, -0.25) is 0 Å². The molecular formula is C22H41+. The van der Waals surface area contributed by atoms with Crippen molar-refractivity contribution in [2.24, 2.45) is 34.5 Å². The van der Waals surface area contributed by atoms with Crippen molar-refractivity contribution in [3.63, 3.8) is 0 Å². The predicted octanol–water partition coefficient (Wildman–Crippen LogP) is 7.29. The van der Waals surface area contributed by atoms with E-state index in [1.54, 1.807) is 0 Å². The largest absolute Gasteiger partial charge is 0.113 e. The van der Waals surface area contributed by atoms with Crippen LogP contribution in [0.5, 0.6) is 0 Å². The highest BCUT2D eigenvalue weighted by molar-refractivity contribution is 5.09. The second-order valence-corrected chi connectivity index (χ2v) is 8.59. The van der Waals surface area contributed by atoms with Crippen LogP contribution in [0.4, 0.5) is 0 Å². The van der Waals surface area contributed by atoms with Crippen molar-refractivity contribution in [2.75, 3.05) is 0 Å². The lowest BCUT2D eigenvalue weighted by Gasteiger charge is -2.55. The molecule has 6 unspecified atom stereocenters. The molecule has 0 heteroatoms. The molecule has 3 saturated carbocycles. The van der Waals surface area contributed by atoms with Crippen LogP contribution in [0, 0.1) is 40.9 Å². The van der Waals surface area contributed by atoms with Crippen molar-refractivity contribution >= 4 is 0 Å². The van der Waals surface area contributed by atoms with Crippen LogP contribution < -0.4 is 0 Å². The molecule has 3 fully saturated rings. The van der Waals surface area contributed by atoms with E-state index in [2.05, 4.69) is 34.1 Å². The molecule has 3 aliphatic rings. The molecule has 0 spiro atoms. The standard InChI is InChI=1S/C20H35.C2H6/c1-5-12-20(6-2)15(3)9-10-16-17-8-7-13-19(17,4)14-11-18(16)20;1-2/h6,15-18H,5,7-14H2,1-4H3;1-2H3/q+1;. The quantitative estimate of drug-likeness (QED) is 0.480. The van der Waals surface area contributed by atoms with Gasteiger partial charge in [-0.25, -0.2) is 0 Å². The summed E-state index contributed by atoms with van der Waals surface area (Å²) < 4.78 is 0. The average Bonchev–Trinajstić information content (AvgIpc) is 2.94. The van der Waals surface area contributed by atoms with Crippen molar-refractivity contribution in [3.8, 4) is 0 Å². The molecule has 6 atom stereocenters. The maximum absolute atomic E-state index is 2.65. The summed E-state index contributed by atoms with van der Waals surface area (Å²) in [5.41, 5.74) is 1.29. The van der Waals surface area contributed by atoms with Gasteiger partial charge in [-0.15, -0.1) is 0 Å². The van der Waals surface area contributed by atoms with Gasteiger partial charge in [-0.05, 0) is 62.2 Å². The molecule has 22 heavy (non-hydrogen) atoms. The van der Waals surface area contributed by atoms with Gasteiger partial charge < -0.3 is 0 Å². The monoisotopic (exact) mass is 305 g/mol. The Morgan fingerprint density at radius 1 is 1.00 bits per heavy atom. The van der Waals surface area contributed by atoms with Crippen LogP contribution in [0.15, 0.2) is 0 Å². The van der Waals surface area contributed by atoms with E-state index in [1.165, 1.54) is 57.8 Å². The highest BCUT2D eigenvalue weighted by Gasteiger charge is 2.60. The molecule has 0 heterocycles. The maximum Gasteiger partial charge on any atom is 0.113 e. The van der Waals surface area contributed by atoms with E-state index in [0.29, 0.717) is 10.8 Å². The van der Waals surface area contributed by atoms with Gasteiger partial charge in [0.25, 0.3) is 0 Å². The molecule has 0 aliphatic heterocycles. The fourth-order valence-corrected chi connectivity index (χ4v) is 6.93. The molecule has 0 radical (unpaired) electrons. The van der Waals surface area contributed by atoms with Gasteiger partial charge in [0.1, 0.15) is 5.41 Å². The zero-order valence-electron chi connectivity index (χ0n) is 16.3. The van der Waals surface area contributed by atoms with Gasteiger partial charge >= 0.3 is 0 Å². The Labute approximate surface area is 140 Å². The molecule has 128 valence electrons. The minimum Gasteiger partial charge on any atom is -0.0683 e. The lowest BCUT2D eigenvalue weighted by Crippen LogP contribution is -2.51. The van der Waals surface area contributed by atoms with Crippen LogP contribution in [-0.4, -0.2) is 0 Å². The third-order valence-electron chi connectivity index (χ3n) is 7.98. The van der Waals surface area contributed by atoms with Crippen LogP contribution in [0.2, 0.25) is 0 Å².